The van der Waals surface area contributed by atoms with Crippen molar-refractivity contribution in [2.75, 3.05) is 6.54 Å². The highest BCUT2D eigenvalue weighted by atomic mass is 16.5. The molecule has 23 heavy (non-hydrogen) atoms. The topological polar surface area (TPSA) is 55.4 Å². The molecule has 124 valence electrons. The van der Waals surface area contributed by atoms with Gasteiger partial charge in [0.1, 0.15) is 0 Å². The summed E-state index contributed by atoms with van der Waals surface area (Å²) in [5.74, 6) is 1.39. The van der Waals surface area contributed by atoms with Crippen molar-refractivity contribution in [1.29, 1.82) is 0 Å². The van der Waals surface area contributed by atoms with Crippen LogP contribution in [-0.2, 0) is 16.0 Å². The molecule has 0 spiro atoms. The van der Waals surface area contributed by atoms with E-state index in [-0.39, 0.29) is 6.54 Å². The van der Waals surface area contributed by atoms with Gasteiger partial charge in [0.15, 0.2) is 6.10 Å². The molecule has 1 amide bonds. The van der Waals surface area contributed by atoms with Crippen LogP contribution < -0.4 is 5.32 Å². The number of unbranched alkanes of at least 4 members (excludes halogenated alkanes) is 3. The summed E-state index contributed by atoms with van der Waals surface area (Å²) in [6.45, 7) is 3.83. The third-order valence-electron chi connectivity index (χ3n) is 3.53. The molecule has 0 radical (unpaired) electrons. The largest absolute Gasteiger partial charge is 0.449 e. The number of esters is 1. The van der Waals surface area contributed by atoms with E-state index in [0.29, 0.717) is 5.56 Å². The minimum atomic E-state index is -0.871. The number of nitrogens with one attached hydrogen (secondary N) is 1. The van der Waals surface area contributed by atoms with Crippen LogP contribution in [0, 0.1) is 12.3 Å². The lowest BCUT2D eigenvalue weighted by molar-refractivity contribution is -0.128. The number of hydrogen-bond acceptors (Lipinski definition) is 3. The first-order valence-corrected chi connectivity index (χ1v) is 8.09. The second-order valence-electron chi connectivity index (χ2n) is 5.48. The molecule has 1 aromatic carbocycles. The Hall–Kier alpha value is -2.28. The molecule has 4 heteroatoms. The molecule has 0 unspecified atom stereocenters. The highest BCUT2D eigenvalue weighted by Crippen LogP contribution is 2.11. The number of carbonyl (C=O) groups excluding carboxylic acids is 2. The van der Waals surface area contributed by atoms with Gasteiger partial charge in [-0.05, 0) is 37.5 Å². The second kappa shape index (κ2) is 10.4. The van der Waals surface area contributed by atoms with Crippen LogP contribution >= 0.6 is 0 Å². The van der Waals surface area contributed by atoms with Gasteiger partial charge in [0.2, 0.25) is 0 Å². The first kappa shape index (κ1) is 18.8. The highest BCUT2D eigenvalue weighted by Gasteiger charge is 2.18. The Morgan fingerprint density at radius 2 is 1.91 bits per heavy atom. The highest BCUT2D eigenvalue weighted by molar-refractivity contribution is 5.92. The quantitative estimate of drug-likeness (QED) is 0.433. The maximum Gasteiger partial charge on any atom is 0.338 e. The van der Waals surface area contributed by atoms with Crippen molar-refractivity contribution >= 4 is 11.9 Å². The summed E-state index contributed by atoms with van der Waals surface area (Å²) in [6.07, 6.45) is 10.1. The minimum absolute atomic E-state index is 0.119. The van der Waals surface area contributed by atoms with Gasteiger partial charge in [-0.15, -0.1) is 6.42 Å². The fourth-order valence-electron chi connectivity index (χ4n) is 2.13. The Morgan fingerprint density at radius 1 is 1.22 bits per heavy atom. The molecule has 0 bridgehead atoms. The predicted octanol–water partition coefficient (Wildman–Crippen LogP) is 3.10. The average molecular weight is 315 g/mol. The molecule has 0 aliphatic carbocycles. The molecule has 0 aliphatic rings. The number of terminal acetylenes is 1. The summed E-state index contributed by atoms with van der Waals surface area (Å²) >= 11 is 0. The summed E-state index contributed by atoms with van der Waals surface area (Å²) in [5, 5.41) is 2.48. The number of hydrogen-bond donors (Lipinski definition) is 1. The molecule has 1 N–H and O–H groups in total. The first-order chi connectivity index (χ1) is 11.1. The predicted molar refractivity (Wildman–Crippen MR) is 91.0 cm³/mol. The molecular weight excluding hydrogens is 290 g/mol. The molecule has 1 atom stereocenters. The van der Waals surface area contributed by atoms with Gasteiger partial charge < -0.3 is 10.1 Å². The van der Waals surface area contributed by atoms with Gasteiger partial charge in [0, 0.05) is 0 Å². The molecule has 1 aromatic rings. The van der Waals surface area contributed by atoms with Crippen molar-refractivity contribution in [1.82, 2.24) is 5.32 Å². The average Bonchev–Trinajstić information content (AvgIpc) is 2.57. The Balaban J connectivity index is 2.47. The summed E-state index contributed by atoms with van der Waals surface area (Å²) in [6, 6.07) is 7.35. The lowest BCUT2D eigenvalue weighted by Crippen LogP contribution is -2.36. The van der Waals surface area contributed by atoms with Crippen LogP contribution in [0.2, 0.25) is 0 Å². The van der Waals surface area contributed by atoms with Crippen molar-refractivity contribution in [3.05, 3.63) is 35.4 Å². The Labute approximate surface area is 138 Å². The van der Waals surface area contributed by atoms with E-state index in [1.807, 2.05) is 12.1 Å². The maximum absolute atomic E-state index is 12.0. The summed E-state index contributed by atoms with van der Waals surface area (Å²) in [5.41, 5.74) is 1.65. The third kappa shape index (κ3) is 7.01. The van der Waals surface area contributed by atoms with Crippen LogP contribution in [0.4, 0.5) is 0 Å². The molecule has 0 fully saturated rings. The maximum atomic E-state index is 12.0. The van der Waals surface area contributed by atoms with Crippen molar-refractivity contribution in [2.24, 2.45) is 0 Å². The number of rotatable bonds is 9. The number of aryl methyl sites for hydroxylation is 1. The van der Waals surface area contributed by atoms with Crippen molar-refractivity contribution in [2.45, 2.75) is 52.1 Å². The smallest absolute Gasteiger partial charge is 0.338 e. The molecule has 0 heterocycles. The second-order valence-corrected chi connectivity index (χ2v) is 5.48. The number of carbonyl (C=O) groups is 2. The van der Waals surface area contributed by atoms with Crippen molar-refractivity contribution in [3.8, 4) is 12.3 Å². The monoisotopic (exact) mass is 315 g/mol. The summed E-state index contributed by atoms with van der Waals surface area (Å²) in [7, 11) is 0. The van der Waals surface area contributed by atoms with Gasteiger partial charge in [0.25, 0.3) is 5.91 Å². The van der Waals surface area contributed by atoms with E-state index in [1.165, 1.54) is 31.7 Å². The fraction of sp³-hybridized carbons (Fsp3) is 0.474. The lowest BCUT2D eigenvalue weighted by Gasteiger charge is -2.12. The zero-order valence-corrected chi connectivity index (χ0v) is 13.9. The van der Waals surface area contributed by atoms with Gasteiger partial charge in [-0.2, -0.15) is 0 Å². The zero-order chi connectivity index (χ0) is 17.1. The molecule has 0 saturated heterocycles. The van der Waals surface area contributed by atoms with E-state index in [2.05, 4.69) is 18.2 Å². The SMILES string of the molecule is C#CCNC(=O)[C@H](C)OC(=O)c1ccc(CCCCCC)cc1. The van der Waals surface area contributed by atoms with E-state index in [0.717, 1.165) is 12.8 Å². The van der Waals surface area contributed by atoms with Crippen molar-refractivity contribution in [3.63, 3.8) is 0 Å². The van der Waals surface area contributed by atoms with E-state index in [1.54, 1.807) is 12.1 Å². The Bertz CT molecular complexity index is 543. The van der Waals surface area contributed by atoms with Crippen molar-refractivity contribution < 1.29 is 14.3 Å². The Kier molecular flexibility index (Phi) is 8.52. The normalized spacial score (nSPS) is 11.3. The number of benzene rings is 1. The molecule has 0 saturated carbocycles. The lowest BCUT2D eigenvalue weighted by atomic mass is 10.0. The summed E-state index contributed by atoms with van der Waals surface area (Å²) < 4.78 is 5.13. The van der Waals surface area contributed by atoms with Crippen LogP contribution in [0.1, 0.15) is 55.5 Å². The number of ether oxygens (including phenoxy) is 1. The zero-order valence-electron chi connectivity index (χ0n) is 13.9. The standard InChI is InChI=1S/C19H25NO3/c1-4-6-7-8-9-16-10-12-17(13-11-16)19(22)23-15(3)18(21)20-14-5-2/h2,10-13,15H,4,6-9,14H2,1,3H3,(H,20,21)/t15-/m0/s1. The van der Waals surface area contributed by atoms with E-state index >= 15 is 0 Å². The van der Waals surface area contributed by atoms with E-state index in [9.17, 15) is 9.59 Å². The van der Waals surface area contributed by atoms with E-state index < -0.39 is 18.0 Å². The van der Waals surface area contributed by atoms with Crippen LogP contribution in [-0.4, -0.2) is 24.5 Å². The van der Waals surface area contributed by atoms with Gasteiger partial charge in [0.05, 0.1) is 12.1 Å². The molecule has 0 aliphatic heterocycles. The van der Waals surface area contributed by atoms with Crippen LogP contribution in [0.3, 0.4) is 0 Å². The third-order valence-corrected chi connectivity index (χ3v) is 3.53. The minimum Gasteiger partial charge on any atom is -0.449 e. The van der Waals surface area contributed by atoms with Crippen LogP contribution in [0.15, 0.2) is 24.3 Å². The fourth-order valence-corrected chi connectivity index (χ4v) is 2.13. The van der Waals surface area contributed by atoms with Gasteiger partial charge in [-0.25, -0.2) is 4.79 Å². The molecule has 1 rings (SSSR count). The molecule has 4 nitrogen and oxygen atoms in total. The Morgan fingerprint density at radius 3 is 2.52 bits per heavy atom. The molecular formula is C19H25NO3. The van der Waals surface area contributed by atoms with Gasteiger partial charge >= 0.3 is 5.97 Å². The van der Waals surface area contributed by atoms with Crippen LogP contribution in [0.25, 0.3) is 0 Å². The van der Waals surface area contributed by atoms with Crippen LogP contribution in [0.5, 0.6) is 0 Å². The number of amides is 1. The van der Waals surface area contributed by atoms with E-state index in [4.69, 9.17) is 11.2 Å². The molecule has 0 aromatic heterocycles. The summed E-state index contributed by atoms with van der Waals surface area (Å²) in [4.78, 5) is 23.6. The van der Waals surface area contributed by atoms with Gasteiger partial charge in [-0.3, -0.25) is 4.79 Å². The first-order valence-electron chi connectivity index (χ1n) is 8.09. The van der Waals surface area contributed by atoms with Gasteiger partial charge in [-0.1, -0.05) is 44.2 Å².